The number of aromatic nitrogens is 2. The second-order valence-corrected chi connectivity index (χ2v) is 6.49. The van der Waals surface area contributed by atoms with Crippen LogP contribution in [-0.2, 0) is 4.79 Å². The van der Waals surface area contributed by atoms with Crippen LogP contribution < -0.4 is 10.2 Å². The number of hydrogen-bond acceptors (Lipinski definition) is 5. The maximum Gasteiger partial charge on any atom is 0.237 e. The third-order valence-electron chi connectivity index (χ3n) is 3.57. The summed E-state index contributed by atoms with van der Waals surface area (Å²) in [6.07, 6.45) is 3.52. The molecule has 0 bridgehead atoms. The van der Waals surface area contributed by atoms with Crippen molar-refractivity contribution in [2.24, 2.45) is 0 Å². The van der Waals surface area contributed by atoms with Crippen LogP contribution >= 0.6 is 0 Å². The molecule has 1 aliphatic rings. The van der Waals surface area contributed by atoms with E-state index >= 15 is 0 Å². The minimum atomic E-state index is -0.189. The fourth-order valence-corrected chi connectivity index (χ4v) is 2.40. The summed E-state index contributed by atoms with van der Waals surface area (Å²) in [5, 5.41) is 3.04. The molecular weight excluding hydrogens is 266 g/mol. The van der Waals surface area contributed by atoms with Crippen LogP contribution in [0, 0.1) is 0 Å². The van der Waals surface area contributed by atoms with Crippen molar-refractivity contribution in [2.75, 3.05) is 31.1 Å². The fraction of sp³-hybridized carbons (Fsp3) is 0.667. The Labute approximate surface area is 126 Å². The molecule has 21 heavy (non-hydrogen) atoms. The van der Waals surface area contributed by atoms with Gasteiger partial charge in [0.25, 0.3) is 0 Å². The lowest BCUT2D eigenvalue weighted by molar-refractivity contribution is -0.127. The Morgan fingerprint density at radius 1 is 1.19 bits per heavy atom. The molecule has 6 heteroatoms. The lowest BCUT2D eigenvalue weighted by Gasteiger charge is -2.38. The van der Waals surface area contributed by atoms with E-state index in [-0.39, 0.29) is 17.5 Å². The number of rotatable bonds is 3. The van der Waals surface area contributed by atoms with Crippen LogP contribution in [0.4, 0.5) is 5.95 Å². The van der Waals surface area contributed by atoms with Gasteiger partial charge in [-0.15, -0.1) is 0 Å². The van der Waals surface area contributed by atoms with Crippen LogP contribution in [0.3, 0.4) is 0 Å². The molecule has 2 heterocycles. The molecule has 1 N–H and O–H groups in total. The van der Waals surface area contributed by atoms with Gasteiger partial charge in [0.15, 0.2) is 0 Å². The second kappa shape index (κ2) is 6.39. The minimum absolute atomic E-state index is 0.0897. The van der Waals surface area contributed by atoms with E-state index in [2.05, 4.69) is 25.1 Å². The summed E-state index contributed by atoms with van der Waals surface area (Å²) >= 11 is 0. The number of carbonyl (C=O) groups is 1. The molecule has 1 aromatic heterocycles. The monoisotopic (exact) mass is 291 g/mol. The summed E-state index contributed by atoms with van der Waals surface area (Å²) in [6.45, 7) is 11.4. The maximum absolute atomic E-state index is 12.2. The standard InChI is InChI=1S/C15H25N5O/c1-12(13(21)18-15(2,3)4)19-8-10-20(11-9-19)14-16-6-5-7-17-14/h5-7,12H,8-11H2,1-4H3,(H,18,21)/t12-/m1/s1. The Bertz CT molecular complexity index is 463. The number of anilines is 1. The molecule has 1 aromatic rings. The molecule has 0 unspecified atom stereocenters. The molecule has 1 amide bonds. The van der Waals surface area contributed by atoms with E-state index in [9.17, 15) is 4.79 Å². The average molecular weight is 291 g/mol. The zero-order valence-electron chi connectivity index (χ0n) is 13.3. The smallest absolute Gasteiger partial charge is 0.237 e. The summed E-state index contributed by atoms with van der Waals surface area (Å²) in [6, 6.07) is 1.71. The quantitative estimate of drug-likeness (QED) is 0.896. The summed E-state index contributed by atoms with van der Waals surface area (Å²) < 4.78 is 0. The molecule has 0 aromatic carbocycles. The van der Waals surface area contributed by atoms with Gasteiger partial charge in [0.1, 0.15) is 0 Å². The molecule has 6 nitrogen and oxygen atoms in total. The molecule has 0 aliphatic carbocycles. The van der Waals surface area contributed by atoms with Crippen LogP contribution in [-0.4, -0.2) is 58.5 Å². The molecule has 0 spiro atoms. The van der Waals surface area contributed by atoms with Crippen LogP contribution in [0.2, 0.25) is 0 Å². The third-order valence-corrected chi connectivity index (χ3v) is 3.57. The molecule has 0 radical (unpaired) electrons. The van der Waals surface area contributed by atoms with E-state index in [1.807, 2.05) is 33.8 Å². The number of nitrogens with zero attached hydrogens (tertiary/aromatic N) is 4. The largest absolute Gasteiger partial charge is 0.350 e. The number of piperazine rings is 1. The first-order valence-corrected chi connectivity index (χ1v) is 7.45. The molecule has 1 fully saturated rings. The van der Waals surface area contributed by atoms with Crippen LogP contribution in [0.5, 0.6) is 0 Å². The highest BCUT2D eigenvalue weighted by Crippen LogP contribution is 2.12. The summed E-state index contributed by atoms with van der Waals surface area (Å²) in [5.74, 6) is 0.857. The van der Waals surface area contributed by atoms with Crippen LogP contribution in [0.25, 0.3) is 0 Å². The zero-order chi connectivity index (χ0) is 15.5. The number of nitrogens with one attached hydrogen (secondary N) is 1. The molecule has 0 saturated carbocycles. The van der Waals surface area contributed by atoms with Gasteiger partial charge < -0.3 is 10.2 Å². The predicted octanol–water partition coefficient (Wildman–Crippen LogP) is 0.902. The number of amides is 1. The molecule has 2 rings (SSSR count). The number of carbonyl (C=O) groups excluding carboxylic acids is 1. The van der Waals surface area contributed by atoms with Crippen molar-refractivity contribution < 1.29 is 4.79 Å². The Balaban J connectivity index is 1.87. The predicted molar refractivity (Wildman–Crippen MR) is 83.2 cm³/mol. The van der Waals surface area contributed by atoms with Gasteiger partial charge in [-0.3, -0.25) is 9.69 Å². The first-order chi connectivity index (χ1) is 9.87. The molecule has 116 valence electrons. The zero-order valence-corrected chi connectivity index (χ0v) is 13.3. The van der Waals surface area contributed by atoms with Gasteiger partial charge in [0, 0.05) is 44.1 Å². The van der Waals surface area contributed by atoms with Gasteiger partial charge >= 0.3 is 0 Å². The molecule has 1 aliphatic heterocycles. The number of hydrogen-bond donors (Lipinski definition) is 1. The van der Waals surface area contributed by atoms with Gasteiger partial charge in [0.05, 0.1) is 6.04 Å². The van der Waals surface area contributed by atoms with Crippen molar-refractivity contribution in [1.29, 1.82) is 0 Å². The van der Waals surface area contributed by atoms with Gasteiger partial charge in [-0.25, -0.2) is 9.97 Å². The van der Waals surface area contributed by atoms with E-state index in [1.54, 1.807) is 12.4 Å². The van der Waals surface area contributed by atoms with E-state index in [0.717, 1.165) is 32.1 Å². The topological polar surface area (TPSA) is 61.4 Å². The first-order valence-electron chi connectivity index (χ1n) is 7.45. The SMILES string of the molecule is C[C@H](C(=O)NC(C)(C)C)N1CCN(c2ncccn2)CC1. The van der Waals surface area contributed by atoms with Crippen LogP contribution in [0.1, 0.15) is 27.7 Å². The average Bonchev–Trinajstić information content (AvgIpc) is 2.46. The van der Waals surface area contributed by atoms with Gasteiger partial charge in [-0.05, 0) is 33.8 Å². The molecule has 1 saturated heterocycles. The van der Waals surface area contributed by atoms with Gasteiger partial charge in [0.2, 0.25) is 11.9 Å². The minimum Gasteiger partial charge on any atom is -0.350 e. The highest BCUT2D eigenvalue weighted by Gasteiger charge is 2.28. The van der Waals surface area contributed by atoms with E-state index in [4.69, 9.17) is 0 Å². The van der Waals surface area contributed by atoms with E-state index in [0.29, 0.717) is 0 Å². The van der Waals surface area contributed by atoms with Crippen molar-refractivity contribution in [3.63, 3.8) is 0 Å². The normalized spacial score (nSPS) is 18.4. The van der Waals surface area contributed by atoms with Crippen molar-refractivity contribution in [3.8, 4) is 0 Å². The third kappa shape index (κ3) is 4.39. The molecule has 1 atom stereocenters. The van der Waals surface area contributed by atoms with Crippen molar-refractivity contribution in [3.05, 3.63) is 18.5 Å². The Morgan fingerprint density at radius 3 is 2.29 bits per heavy atom. The van der Waals surface area contributed by atoms with Gasteiger partial charge in [-0.2, -0.15) is 0 Å². The summed E-state index contributed by atoms with van der Waals surface area (Å²) in [4.78, 5) is 25.1. The van der Waals surface area contributed by atoms with Crippen molar-refractivity contribution >= 4 is 11.9 Å². The van der Waals surface area contributed by atoms with E-state index in [1.165, 1.54) is 0 Å². The van der Waals surface area contributed by atoms with Crippen molar-refractivity contribution in [2.45, 2.75) is 39.3 Å². The lowest BCUT2D eigenvalue weighted by atomic mass is 10.1. The highest BCUT2D eigenvalue weighted by atomic mass is 16.2. The first kappa shape index (κ1) is 15.7. The maximum atomic E-state index is 12.2. The van der Waals surface area contributed by atoms with E-state index < -0.39 is 0 Å². The highest BCUT2D eigenvalue weighted by molar-refractivity contribution is 5.82. The van der Waals surface area contributed by atoms with Crippen LogP contribution in [0.15, 0.2) is 18.5 Å². The lowest BCUT2D eigenvalue weighted by Crippen LogP contribution is -2.56. The summed E-state index contributed by atoms with van der Waals surface area (Å²) in [7, 11) is 0. The Hall–Kier alpha value is -1.69. The second-order valence-electron chi connectivity index (χ2n) is 6.49. The van der Waals surface area contributed by atoms with Gasteiger partial charge in [-0.1, -0.05) is 0 Å². The Morgan fingerprint density at radius 2 is 1.76 bits per heavy atom. The van der Waals surface area contributed by atoms with Crippen molar-refractivity contribution in [1.82, 2.24) is 20.2 Å². The summed E-state index contributed by atoms with van der Waals surface area (Å²) in [5.41, 5.74) is -0.189. The molecular formula is C15H25N5O. The Kier molecular flexibility index (Phi) is 4.77. The fourth-order valence-electron chi connectivity index (χ4n) is 2.40.